The molecule has 1 aromatic heterocycles. The van der Waals surface area contributed by atoms with Gasteiger partial charge >= 0.3 is 0 Å². The highest BCUT2D eigenvalue weighted by molar-refractivity contribution is 7.13. The van der Waals surface area contributed by atoms with Crippen molar-refractivity contribution >= 4 is 22.4 Å². The Morgan fingerprint density at radius 2 is 2.52 bits per heavy atom. The Labute approximate surface area is 129 Å². The first kappa shape index (κ1) is 16.4. The second kappa shape index (κ2) is 8.43. The van der Waals surface area contributed by atoms with Crippen molar-refractivity contribution in [3.8, 4) is 0 Å². The number of methoxy groups -OCH3 is 1. The van der Waals surface area contributed by atoms with E-state index in [4.69, 9.17) is 4.74 Å². The molecule has 1 atom stereocenters. The van der Waals surface area contributed by atoms with Crippen molar-refractivity contribution in [1.82, 2.24) is 15.2 Å². The Morgan fingerprint density at radius 3 is 3.14 bits per heavy atom. The Morgan fingerprint density at radius 1 is 1.67 bits per heavy atom. The Balaban J connectivity index is 1.82. The molecule has 0 radical (unpaired) electrons. The van der Waals surface area contributed by atoms with Crippen molar-refractivity contribution in [1.29, 1.82) is 0 Å². The zero-order valence-corrected chi connectivity index (χ0v) is 13.5. The standard InChI is InChI=1S/C14H24N4O2S/c1-11-10-21-14(16-11)17-13(19)9-18(6-7-20-2)8-12-4-3-5-15-12/h10,12,15H,3-9H2,1-2H3,(H,16,17,19). The number of thiazole rings is 1. The number of hydrogen-bond acceptors (Lipinski definition) is 6. The number of nitrogens with one attached hydrogen (secondary N) is 2. The molecular formula is C14H24N4O2S. The maximum absolute atomic E-state index is 12.1. The third-order valence-corrected chi connectivity index (χ3v) is 4.36. The lowest BCUT2D eigenvalue weighted by molar-refractivity contribution is -0.117. The molecule has 0 saturated carbocycles. The molecule has 1 aliphatic rings. The maximum Gasteiger partial charge on any atom is 0.240 e. The van der Waals surface area contributed by atoms with Crippen LogP contribution < -0.4 is 10.6 Å². The van der Waals surface area contributed by atoms with E-state index in [2.05, 4.69) is 20.5 Å². The van der Waals surface area contributed by atoms with E-state index in [9.17, 15) is 4.79 Å². The fourth-order valence-electron chi connectivity index (χ4n) is 2.45. The number of amides is 1. The number of carbonyl (C=O) groups is 1. The van der Waals surface area contributed by atoms with Gasteiger partial charge in [0.05, 0.1) is 18.8 Å². The van der Waals surface area contributed by atoms with Crippen LogP contribution in [0.1, 0.15) is 18.5 Å². The predicted octanol–water partition coefficient (Wildman–Crippen LogP) is 1.09. The van der Waals surface area contributed by atoms with Gasteiger partial charge in [0.2, 0.25) is 5.91 Å². The highest BCUT2D eigenvalue weighted by Gasteiger charge is 2.19. The Kier molecular flexibility index (Phi) is 6.56. The summed E-state index contributed by atoms with van der Waals surface area (Å²) in [6.45, 7) is 5.65. The number of carbonyl (C=O) groups excluding carboxylic acids is 1. The fourth-order valence-corrected chi connectivity index (χ4v) is 3.16. The molecule has 7 heteroatoms. The zero-order chi connectivity index (χ0) is 15.1. The second-order valence-electron chi connectivity index (χ2n) is 5.36. The minimum absolute atomic E-state index is 0.0153. The minimum Gasteiger partial charge on any atom is -0.383 e. The molecule has 2 N–H and O–H groups in total. The van der Waals surface area contributed by atoms with Gasteiger partial charge in [0.25, 0.3) is 0 Å². The fraction of sp³-hybridized carbons (Fsp3) is 0.714. The largest absolute Gasteiger partial charge is 0.383 e. The first-order valence-corrected chi connectivity index (χ1v) is 8.22. The summed E-state index contributed by atoms with van der Waals surface area (Å²) in [5.41, 5.74) is 0.932. The monoisotopic (exact) mass is 312 g/mol. The quantitative estimate of drug-likeness (QED) is 0.752. The molecule has 0 spiro atoms. The van der Waals surface area contributed by atoms with E-state index in [1.54, 1.807) is 7.11 Å². The van der Waals surface area contributed by atoms with E-state index in [0.29, 0.717) is 24.3 Å². The molecule has 0 bridgehead atoms. The zero-order valence-electron chi connectivity index (χ0n) is 12.7. The summed E-state index contributed by atoms with van der Waals surface area (Å²) in [5, 5.41) is 8.93. The Hall–Kier alpha value is -1.02. The van der Waals surface area contributed by atoms with Crippen LogP contribution in [0.25, 0.3) is 0 Å². The van der Waals surface area contributed by atoms with Gasteiger partial charge in [-0.25, -0.2) is 4.98 Å². The molecule has 0 aromatic carbocycles. The first-order valence-electron chi connectivity index (χ1n) is 7.34. The van der Waals surface area contributed by atoms with Gasteiger partial charge in [-0.1, -0.05) is 0 Å². The van der Waals surface area contributed by atoms with Crippen molar-refractivity contribution < 1.29 is 9.53 Å². The van der Waals surface area contributed by atoms with E-state index < -0.39 is 0 Å². The smallest absolute Gasteiger partial charge is 0.240 e. The molecule has 118 valence electrons. The average Bonchev–Trinajstić information content (AvgIpc) is 3.08. The summed E-state index contributed by atoms with van der Waals surface area (Å²) in [6, 6.07) is 0.483. The summed E-state index contributed by atoms with van der Waals surface area (Å²) in [7, 11) is 1.68. The molecule has 1 aliphatic heterocycles. The number of aromatic nitrogens is 1. The molecular weight excluding hydrogens is 288 g/mol. The normalized spacial score (nSPS) is 18.3. The average molecular weight is 312 g/mol. The van der Waals surface area contributed by atoms with Crippen molar-refractivity contribution in [3.05, 3.63) is 11.1 Å². The van der Waals surface area contributed by atoms with Crippen LogP contribution in [0.3, 0.4) is 0 Å². The summed E-state index contributed by atoms with van der Waals surface area (Å²) < 4.78 is 5.14. The van der Waals surface area contributed by atoms with Crippen molar-refractivity contribution in [2.45, 2.75) is 25.8 Å². The SMILES string of the molecule is COCCN(CC(=O)Nc1nc(C)cs1)CC1CCCN1. The molecule has 21 heavy (non-hydrogen) atoms. The topological polar surface area (TPSA) is 66.5 Å². The maximum atomic E-state index is 12.1. The van der Waals surface area contributed by atoms with Gasteiger partial charge in [-0.3, -0.25) is 9.69 Å². The first-order chi connectivity index (χ1) is 10.2. The predicted molar refractivity (Wildman–Crippen MR) is 84.8 cm³/mol. The third kappa shape index (κ3) is 5.70. The van der Waals surface area contributed by atoms with Gasteiger partial charge < -0.3 is 15.4 Å². The third-order valence-electron chi connectivity index (χ3n) is 3.49. The molecule has 1 fully saturated rings. The van der Waals surface area contributed by atoms with Crippen LogP contribution in [0.5, 0.6) is 0 Å². The number of anilines is 1. The lowest BCUT2D eigenvalue weighted by Crippen LogP contribution is -2.42. The minimum atomic E-state index is -0.0153. The number of ether oxygens (including phenoxy) is 1. The highest BCUT2D eigenvalue weighted by Crippen LogP contribution is 2.14. The van der Waals surface area contributed by atoms with Gasteiger partial charge in [0.1, 0.15) is 0 Å². The Bertz CT molecular complexity index is 446. The van der Waals surface area contributed by atoms with Gasteiger partial charge in [0, 0.05) is 31.6 Å². The molecule has 2 rings (SSSR count). The molecule has 1 aromatic rings. The van der Waals surface area contributed by atoms with Crippen molar-refractivity contribution in [2.75, 3.05) is 45.2 Å². The summed E-state index contributed by atoms with van der Waals surface area (Å²) in [6.07, 6.45) is 2.39. The van der Waals surface area contributed by atoms with E-state index >= 15 is 0 Å². The van der Waals surface area contributed by atoms with E-state index in [0.717, 1.165) is 25.3 Å². The van der Waals surface area contributed by atoms with Crippen LogP contribution in [0.15, 0.2) is 5.38 Å². The van der Waals surface area contributed by atoms with E-state index in [1.807, 2.05) is 12.3 Å². The summed E-state index contributed by atoms with van der Waals surface area (Å²) in [4.78, 5) is 18.5. The van der Waals surface area contributed by atoms with Crippen LogP contribution in [0.2, 0.25) is 0 Å². The van der Waals surface area contributed by atoms with Crippen LogP contribution >= 0.6 is 11.3 Å². The molecule has 1 saturated heterocycles. The van der Waals surface area contributed by atoms with Crippen LogP contribution in [0.4, 0.5) is 5.13 Å². The number of hydrogen-bond donors (Lipinski definition) is 2. The molecule has 2 heterocycles. The summed E-state index contributed by atoms with van der Waals surface area (Å²) >= 11 is 1.46. The number of nitrogens with zero attached hydrogens (tertiary/aromatic N) is 2. The molecule has 6 nitrogen and oxygen atoms in total. The van der Waals surface area contributed by atoms with Crippen molar-refractivity contribution in [3.63, 3.8) is 0 Å². The van der Waals surface area contributed by atoms with Crippen LogP contribution in [0, 0.1) is 6.92 Å². The lowest BCUT2D eigenvalue weighted by atomic mass is 10.2. The second-order valence-corrected chi connectivity index (χ2v) is 6.22. The van der Waals surface area contributed by atoms with Gasteiger partial charge in [-0.05, 0) is 26.3 Å². The van der Waals surface area contributed by atoms with Gasteiger partial charge in [0.15, 0.2) is 5.13 Å². The van der Waals surface area contributed by atoms with Crippen LogP contribution in [-0.2, 0) is 9.53 Å². The lowest BCUT2D eigenvalue weighted by Gasteiger charge is -2.24. The highest BCUT2D eigenvalue weighted by atomic mass is 32.1. The molecule has 1 unspecified atom stereocenters. The van der Waals surface area contributed by atoms with Gasteiger partial charge in [-0.2, -0.15) is 0 Å². The molecule has 0 aliphatic carbocycles. The summed E-state index contributed by atoms with van der Waals surface area (Å²) in [5.74, 6) is -0.0153. The van der Waals surface area contributed by atoms with Gasteiger partial charge in [-0.15, -0.1) is 11.3 Å². The van der Waals surface area contributed by atoms with Crippen LogP contribution in [-0.4, -0.2) is 61.7 Å². The van der Waals surface area contributed by atoms with E-state index in [1.165, 1.54) is 24.2 Å². The van der Waals surface area contributed by atoms with E-state index in [-0.39, 0.29) is 5.91 Å². The molecule has 1 amide bonds. The number of rotatable bonds is 8. The van der Waals surface area contributed by atoms with Crippen molar-refractivity contribution in [2.24, 2.45) is 0 Å². The number of aryl methyl sites for hydroxylation is 1.